The Balaban J connectivity index is 1.66. The first kappa shape index (κ1) is 15.7. The predicted molar refractivity (Wildman–Crippen MR) is 101 cm³/mol. The van der Waals surface area contributed by atoms with Crippen LogP contribution in [0.15, 0.2) is 71.3 Å². The number of halogens is 1. The van der Waals surface area contributed by atoms with Gasteiger partial charge in [-0.05, 0) is 42.3 Å². The monoisotopic (exact) mass is 349 g/mol. The fourth-order valence-corrected chi connectivity index (χ4v) is 2.89. The van der Waals surface area contributed by atoms with Crippen LogP contribution in [0, 0.1) is 0 Å². The quantitative estimate of drug-likeness (QED) is 0.538. The van der Waals surface area contributed by atoms with E-state index in [1.807, 2.05) is 48.5 Å². The smallest absolute Gasteiger partial charge is 0.198 e. The van der Waals surface area contributed by atoms with Crippen LogP contribution in [0.2, 0.25) is 5.02 Å². The average molecular weight is 350 g/mol. The average Bonchev–Trinajstić information content (AvgIpc) is 3.17. The lowest BCUT2D eigenvalue weighted by Crippen LogP contribution is -2.08. The normalized spacial score (nSPS) is 10.9. The van der Waals surface area contributed by atoms with Gasteiger partial charge in [0, 0.05) is 17.0 Å². The second-order valence-corrected chi connectivity index (χ2v) is 6.13. The molecule has 2 aromatic carbocycles. The third kappa shape index (κ3) is 3.49. The summed E-state index contributed by atoms with van der Waals surface area (Å²) in [6.45, 7) is 0.774. The van der Waals surface area contributed by atoms with Gasteiger partial charge >= 0.3 is 0 Å². The lowest BCUT2D eigenvalue weighted by molar-refractivity contribution is 0.577. The van der Waals surface area contributed by atoms with Crippen molar-refractivity contribution in [3.63, 3.8) is 0 Å². The molecule has 0 amide bonds. The van der Waals surface area contributed by atoms with Gasteiger partial charge < -0.3 is 9.73 Å². The van der Waals surface area contributed by atoms with Crippen molar-refractivity contribution in [3.8, 4) is 11.6 Å². The molecule has 0 spiro atoms. The Morgan fingerprint density at radius 3 is 2.64 bits per heavy atom. The van der Waals surface area contributed by atoms with E-state index in [4.69, 9.17) is 16.0 Å². The molecule has 0 aliphatic carbocycles. The Morgan fingerprint density at radius 1 is 0.960 bits per heavy atom. The molecule has 25 heavy (non-hydrogen) atoms. The van der Waals surface area contributed by atoms with Gasteiger partial charge in [-0.3, -0.25) is 0 Å². The summed E-state index contributed by atoms with van der Waals surface area (Å²) in [5.74, 6) is 1.96. The molecule has 0 saturated carbocycles. The van der Waals surface area contributed by atoms with Crippen LogP contribution in [0.25, 0.3) is 22.5 Å². The van der Waals surface area contributed by atoms with Crippen molar-refractivity contribution in [2.45, 2.75) is 6.42 Å². The topological polar surface area (TPSA) is 51.0 Å². The second-order valence-electron chi connectivity index (χ2n) is 5.70. The number of furan rings is 1. The molecule has 0 saturated heterocycles. The number of nitrogens with zero attached hydrogens (tertiary/aromatic N) is 2. The Kier molecular flexibility index (Phi) is 4.36. The molecule has 124 valence electrons. The molecule has 4 aromatic rings. The fourth-order valence-electron chi connectivity index (χ4n) is 2.72. The fraction of sp³-hybridized carbons (Fsp3) is 0.100. The number of anilines is 1. The Bertz CT molecular complexity index is 985. The summed E-state index contributed by atoms with van der Waals surface area (Å²) in [7, 11) is 0. The van der Waals surface area contributed by atoms with Crippen LogP contribution >= 0.6 is 11.6 Å². The summed E-state index contributed by atoms with van der Waals surface area (Å²) in [6.07, 6.45) is 2.53. The van der Waals surface area contributed by atoms with Crippen LogP contribution in [0.4, 0.5) is 5.82 Å². The molecule has 0 aliphatic heterocycles. The molecule has 0 fully saturated rings. The van der Waals surface area contributed by atoms with Crippen molar-refractivity contribution >= 4 is 28.3 Å². The molecule has 2 aromatic heterocycles. The molecule has 1 N–H and O–H groups in total. The van der Waals surface area contributed by atoms with E-state index in [9.17, 15) is 0 Å². The number of fused-ring (bicyclic) bond motifs is 1. The van der Waals surface area contributed by atoms with E-state index in [1.54, 1.807) is 6.26 Å². The molecule has 0 unspecified atom stereocenters. The second kappa shape index (κ2) is 6.95. The van der Waals surface area contributed by atoms with Gasteiger partial charge in [-0.1, -0.05) is 41.9 Å². The Hall–Kier alpha value is -2.85. The SMILES string of the molecule is Clc1ccc2c(NCCc3ccccc3)nc(-c3ccco3)nc2c1. The first-order chi connectivity index (χ1) is 12.3. The number of aromatic nitrogens is 2. The van der Waals surface area contributed by atoms with Crippen LogP contribution in [-0.2, 0) is 6.42 Å². The summed E-state index contributed by atoms with van der Waals surface area (Å²) in [5.41, 5.74) is 2.07. The molecule has 5 heteroatoms. The van der Waals surface area contributed by atoms with Crippen LogP contribution < -0.4 is 5.32 Å². The highest BCUT2D eigenvalue weighted by Gasteiger charge is 2.11. The third-order valence-corrected chi connectivity index (χ3v) is 4.18. The van der Waals surface area contributed by atoms with Crippen LogP contribution in [0.1, 0.15) is 5.56 Å². The van der Waals surface area contributed by atoms with Gasteiger partial charge in [0.25, 0.3) is 0 Å². The van der Waals surface area contributed by atoms with Crippen LogP contribution in [0.5, 0.6) is 0 Å². The molecule has 4 rings (SSSR count). The number of benzene rings is 2. The van der Waals surface area contributed by atoms with Gasteiger partial charge in [0.2, 0.25) is 0 Å². The summed E-state index contributed by atoms with van der Waals surface area (Å²) in [6, 6.07) is 19.7. The number of hydrogen-bond donors (Lipinski definition) is 1. The van der Waals surface area contributed by atoms with Crippen molar-refractivity contribution in [2.75, 3.05) is 11.9 Å². The summed E-state index contributed by atoms with van der Waals surface area (Å²) < 4.78 is 5.44. The van der Waals surface area contributed by atoms with Crippen molar-refractivity contribution in [2.24, 2.45) is 0 Å². The van der Waals surface area contributed by atoms with E-state index >= 15 is 0 Å². The maximum atomic E-state index is 6.13. The maximum absolute atomic E-state index is 6.13. The number of nitrogens with one attached hydrogen (secondary N) is 1. The van der Waals surface area contributed by atoms with Gasteiger partial charge in [-0.2, -0.15) is 0 Å². The highest BCUT2D eigenvalue weighted by molar-refractivity contribution is 6.31. The van der Waals surface area contributed by atoms with Gasteiger partial charge in [0.05, 0.1) is 11.8 Å². The molecular formula is C20H16ClN3O. The van der Waals surface area contributed by atoms with E-state index in [-0.39, 0.29) is 0 Å². The lowest BCUT2D eigenvalue weighted by Gasteiger charge is -2.10. The third-order valence-electron chi connectivity index (χ3n) is 3.95. The Labute approximate surface area is 150 Å². The number of rotatable bonds is 5. The van der Waals surface area contributed by atoms with Crippen molar-refractivity contribution < 1.29 is 4.42 Å². The van der Waals surface area contributed by atoms with E-state index in [0.29, 0.717) is 16.6 Å². The van der Waals surface area contributed by atoms with Crippen LogP contribution in [-0.4, -0.2) is 16.5 Å². The van der Waals surface area contributed by atoms with Gasteiger partial charge in [0.1, 0.15) is 5.82 Å². The van der Waals surface area contributed by atoms with Gasteiger partial charge in [-0.15, -0.1) is 0 Å². The molecule has 2 heterocycles. The van der Waals surface area contributed by atoms with E-state index in [1.165, 1.54) is 5.56 Å². The minimum Gasteiger partial charge on any atom is -0.461 e. The predicted octanol–water partition coefficient (Wildman–Crippen LogP) is 5.20. The zero-order valence-corrected chi connectivity index (χ0v) is 14.2. The molecule has 0 atom stereocenters. The standard InChI is InChI=1S/C20H16ClN3O/c21-15-8-9-16-17(13-15)23-20(18-7-4-12-25-18)24-19(16)22-11-10-14-5-2-1-3-6-14/h1-9,12-13H,10-11H2,(H,22,23,24). The highest BCUT2D eigenvalue weighted by atomic mass is 35.5. The minimum absolute atomic E-state index is 0.543. The van der Waals surface area contributed by atoms with Gasteiger partial charge in [-0.25, -0.2) is 9.97 Å². The van der Waals surface area contributed by atoms with Crippen molar-refractivity contribution in [1.29, 1.82) is 0 Å². The molecule has 0 radical (unpaired) electrons. The molecular weight excluding hydrogens is 334 g/mol. The zero-order valence-electron chi connectivity index (χ0n) is 13.4. The Morgan fingerprint density at radius 2 is 1.84 bits per heavy atom. The van der Waals surface area contributed by atoms with Crippen molar-refractivity contribution in [1.82, 2.24) is 9.97 Å². The summed E-state index contributed by atoms with van der Waals surface area (Å²) in [5, 5.41) is 5.01. The van der Waals surface area contributed by atoms with E-state index in [2.05, 4.69) is 27.4 Å². The van der Waals surface area contributed by atoms with Crippen LogP contribution in [0.3, 0.4) is 0 Å². The lowest BCUT2D eigenvalue weighted by atomic mass is 10.1. The van der Waals surface area contributed by atoms with Crippen molar-refractivity contribution in [3.05, 3.63) is 77.5 Å². The molecule has 4 nitrogen and oxygen atoms in total. The first-order valence-electron chi connectivity index (χ1n) is 8.08. The highest BCUT2D eigenvalue weighted by Crippen LogP contribution is 2.27. The summed E-state index contributed by atoms with van der Waals surface area (Å²) >= 11 is 6.13. The first-order valence-corrected chi connectivity index (χ1v) is 8.46. The molecule has 0 bridgehead atoms. The minimum atomic E-state index is 0.543. The molecule has 0 aliphatic rings. The zero-order chi connectivity index (χ0) is 17.1. The van der Waals surface area contributed by atoms with E-state index in [0.717, 1.165) is 29.7 Å². The summed E-state index contributed by atoms with van der Waals surface area (Å²) in [4.78, 5) is 9.22. The number of hydrogen-bond acceptors (Lipinski definition) is 4. The van der Waals surface area contributed by atoms with E-state index < -0.39 is 0 Å². The largest absolute Gasteiger partial charge is 0.461 e. The maximum Gasteiger partial charge on any atom is 0.198 e. The van der Waals surface area contributed by atoms with Gasteiger partial charge in [0.15, 0.2) is 11.6 Å².